The van der Waals surface area contributed by atoms with Crippen molar-refractivity contribution in [3.05, 3.63) is 42.1 Å². The van der Waals surface area contributed by atoms with Gasteiger partial charge in [-0.3, -0.25) is 0 Å². The Morgan fingerprint density at radius 2 is 2.10 bits per heavy atom. The summed E-state index contributed by atoms with van der Waals surface area (Å²) in [6.07, 6.45) is 3.44. The molecule has 1 aromatic carbocycles. The zero-order valence-corrected chi connectivity index (χ0v) is 15.1. The molecule has 1 aliphatic rings. The summed E-state index contributed by atoms with van der Waals surface area (Å²) in [5.74, 6) is 0.0264. The molecule has 0 amide bonds. The van der Waals surface area contributed by atoms with Crippen LogP contribution in [0.15, 0.2) is 41.6 Å². The van der Waals surface area contributed by atoms with Gasteiger partial charge in [0.05, 0.1) is 0 Å². The van der Waals surface area contributed by atoms with Crippen LogP contribution >= 0.6 is 11.6 Å². The summed E-state index contributed by atoms with van der Waals surface area (Å²) in [6.45, 7) is 3.38. The van der Waals surface area contributed by atoms with E-state index in [2.05, 4.69) is 22.2 Å². The molecule has 112 valence electrons. The first-order valence-electron chi connectivity index (χ1n) is 6.30. The summed E-state index contributed by atoms with van der Waals surface area (Å²) in [5.41, 5.74) is 1.56. The summed E-state index contributed by atoms with van der Waals surface area (Å²) < 4.78 is 25.6. The van der Waals surface area contributed by atoms with Crippen molar-refractivity contribution in [1.29, 1.82) is 0 Å². The van der Waals surface area contributed by atoms with E-state index < -0.39 is 15.1 Å². The van der Waals surface area contributed by atoms with E-state index in [4.69, 9.17) is 11.6 Å². The molecule has 0 aliphatic carbocycles. The van der Waals surface area contributed by atoms with Crippen LogP contribution in [-0.2, 0) is 15.6 Å². The fourth-order valence-corrected chi connectivity index (χ4v) is 3.50. The Morgan fingerprint density at radius 1 is 1.38 bits per heavy atom. The van der Waals surface area contributed by atoms with E-state index in [1.807, 2.05) is 24.3 Å². The van der Waals surface area contributed by atoms with Crippen LogP contribution < -0.4 is 5.01 Å². The number of allylic oxidation sites excluding steroid dienone is 1. The van der Waals surface area contributed by atoms with E-state index in [0.29, 0.717) is 5.17 Å². The first kappa shape index (κ1) is 16.4. The predicted octanol–water partition coefficient (Wildman–Crippen LogP) is 2.20. The van der Waals surface area contributed by atoms with Gasteiger partial charge >= 0.3 is 139 Å². The molecule has 0 saturated carbocycles. The van der Waals surface area contributed by atoms with Gasteiger partial charge < -0.3 is 0 Å². The van der Waals surface area contributed by atoms with E-state index in [9.17, 15) is 8.42 Å². The summed E-state index contributed by atoms with van der Waals surface area (Å²) in [5, 5.41) is 5.83. The molecular weight excluding hydrogens is 373 g/mol. The fourth-order valence-electron chi connectivity index (χ4n) is 1.74. The zero-order chi connectivity index (χ0) is 15.6. The third kappa shape index (κ3) is 4.02. The van der Waals surface area contributed by atoms with Crippen LogP contribution in [0.2, 0.25) is 0 Å². The third-order valence-corrected chi connectivity index (χ3v) is 5.96. The van der Waals surface area contributed by atoms with Crippen molar-refractivity contribution in [2.24, 2.45) is 5.10 Å². The molecule has 0 spiro atoms. The number of halogens is 1. The molecule has 21 heavy (non-hydrogen) atoms. The Morgan fingerprint density at radius 3 is 2.71 bits per heavy atom. The minimum absolute atomic E-state index is 0.0264. The molecule has 1 aromatic rings. The van der Waals surface area contributed by atoms with Crippen molar-refractivity contribution in [2.75, 3.05) is 5.01 Å². The number of anilines is 1. The molecule has 0 unspecified atom stereocenters. The van der Waals surface area contributed by atoms with Crippen LogP contribution in [-0.4, -0.2) is 40.0 Å². The number of hydrogen-bond donors (Lipinski definition) is 0. The van der Waals surface area contributed by atoms with Gasteiger partial charge in [-0.15, -0.1) is 0 Å². The van der Waals surface area contributed by atoms with E-state index in [1.54, 1.807) is 31.1 Å². The van der Waals surface area contributed by atoms with E-state index in [-0.39, 0.29) is 5.75 Å². The average Bonchev–Trinajstić information content (AvgIpc) is 2.38. The van der Waals surface area contributed by atoms with Gasteiger partial charge in [0, 0.05) is 0 Å². The molecule has 2 radical (unpaired) electrons. The van der Waals surface area contributed by atoms with Crippen LogP contribution in [0.3, 0.4) is 0 Å². The van der Waals surface area contributed by atoms with Crippen LogP contribution in [0.4, 0.5) is 5.69 Å². The summed E-state index contributed by atoms with van der Waals surface area (Å²) >= 11 is 8.09. The molecule has 0 N–H and O–H groups in total. The van der Waals surface area contributed by atoms with Crippen molar-refractivity contribution >= 4 is 49.4 Å². The number of rotatable bonds is 4. The summed E-state index contributed by atoms with van der Waals surface area (Å²) in [7, 11) is -3.12. The van der Waals surface area contributed by atoms with Crippen molar-refractivity contribution in [1.82, 2.24) is 4.03 Å². The number of benzene rings is 1. The normalized spacial score (nSPS) is 15.6. The molecule has 0 saturated heterocycles. The van der Waals surface area contributed by atoms with Crippen LogP contribution in [0.1, 0.15) is 19.4 Å². The first-order valence-corrected chi connectivity index (χ1v) is 9.24. The van der Waals surface area contributed by atoms with Crippen molar-refractivity contribution in [3.63, 3.8) is 0 Å². The molecule has 0 atom stereocenters. The number of hydrazine groups is 1. The Labute approximate surface area is 138 Å². The Bertz CT molecular complexity index is 688. The number of hydrogen-bond acceptors (Lipinski definition) is 5. The van der Waals surface area contributed by atoms with E-state index >= 15 is 0 Å². The molecule has 0 bridgehead atoms. The molecule has 8 heteroatoms. The average molecular weight is 388 g/mol. The van der Waals surface area contributed by atoms with Gasteiger partial charge in [0.1, 0.15) is 0 Å². The van der Waals surface area contributed by atoms with Gasteiger partial charge in [-0.2, -0.15) is 0 Å². The Kier molecular flexibility index (Phi) is 5.02. The second-order valence-electron chi connectivity index (χ2n) is 4.88. The third-order valence-electron chi connectivity index (χ3n) is 2.99. The van der Waals surface area contributed by atoms with Gasteiger partial charge in [0.25, 0.3) is 0 Å². The topological polar surface area (TPSA) is 53.0 Å². The number of hydrazone groups is 1. The molecule has 5 nitrogen and oxygen atoms in total. The van der Waals surface area contributed by atoms with Crippen molar-refractivity contribution < 1.29 is 8.42 Å². The maximum absolute atomic E-state index is 12.0. The Hall–Kier alpha value is -0.972. The molecule has 2 rings (SSSR count). The maximum atomic E-state index is 12.0. The van der Waals surface area contributed by atoms with Crippen LogP contribution in [0.25, 0.3) is 0 Å². The van der Waals surface area contributed by atoms with Gasteiger partial charge in [-0.1, -0.05) is 0 Å². The molecular formula is C13H15AsClN3O2S. The fraction of sp³-hybridized carbons (Fsp3) is 0.308. The SMILES string of the molecule is CC(C)S(=O)(=O)Cc1cccc(N2C=CC(Cl)=NN2[As])c1. The molecule has 0 aromatic heterocycles. The zero-order valence-electron chi connectivity index (χ0n) is 11.6. The van der Waals surface area contributed by atoms with E-state index in [0.717, 1.165) is 11.3 Å². The van der Waals surface area contributed by atoms with Gasteiger partial charge in [0.15, 0.2) is 0 Å². The van der Waals surface area contributed by atoms with E-state index in [1.165, 1.54) is 4.03 Å². The van der Waals surface area contributed by atoms with Crippen LogP contribution in [0.5, 0.6) is 0 Å². The quantitative estimate of drug-likeness (QED) is 0.743. The van der Waals surface area contributed by atoms with Gasteiger partial charge in [-0.25, -0.2) is 0 Å². The second kappa shape index (κ2) is 6.42. The second-order valence-corrected chi connectivity index (χ2v) is 8.57. The molecule has 1 heterocycles. The predicted molar refractivity (Wildman–Crippen MR) is 86.7 cm³/mol. The monoisotopic (exact) mass is 387 g/mol. The number of nitrogens with zero attached hydrogens (tertiary/aromatic N) is 3. The summed E-state index contributed by atoms with van der Waals surface area (Å²) in [4.78, 5) is 0. The van der Waals surface area contributed by atoms with Crippen molar-refractivity contribution in [3.8, 4) is 0 Å². The molecule has 1 aliphatic heterocycles. The Balaban J connectivity index is 2.25. The standard InChI is InChI=1S/C13H15AsClN3O2S/c1-10(2)21(19,20)9-11-4-3-5-12(8-11)17-7-6-13(15)16-18(17)14/h3-8,10H,9H2,1-2H3. The minimum atomic E-state index is -3.12. The molecule has 0 fully saturated rings. The first-order chi connectivity index (χ1) is 9.79. The van der Waals surface area contributed by atoms with Crippen molar-refractivity contribution in [2.45, 2.75) is 24.9 Å². The van der Waals surface area contributed by atoms with Crippen LogP contribution in [0, 0.1) is 0 Å². The summed E-state index contributed by atoms with van der Waals surface area (Å²) in [6, 6.07) is 7.35. The van der Waals surface area contributed by atoms with Gasteiger partial charge in [-0.05, 0) is 0 Å². The number of sulfone groups is 1. The van der Waals surface area contributed by atoms with Gasteiger partial charge in [0.2, 0.25) is 0 Å².